The van der Waals surface area contributed by atoms with Crippen LogP contribution in [0.25, 0.3) is 5.52 Å². The van der Waals surface area contributed by atoms with E-state index in [9.17, 15) is 8.78 Å². The van der Waals surface area contributed by atoms with E-state index in [1.165, 1.54) is 0 Å². The molecule has 2 heterocycles. The van der Waals surface area contributed by atoms with Crippen molar-refractivity contribution in [2.75, 3.05) is 0 Å². The minimum Gasteiger partial charge on any atom is -0.271 e. The molecule has 0 aliphatic rings. The van der Waals surface area contributed by atoms with Crippen LogP contribution in [-0.2, 0) is 0 Å². The molecular weight excluding hydrogens is 262 g/mol. The molecule has 0 bridgehead atoms. The molecule has 2 aromatic heterocycles. The van der Waals surface area contributed by atoms with Gasteiger partial charge in [0.15, 0.2) is 0 Å². The van der Waals surface area contributed by atoms with Crippen LogP contribution < -0.4 is 11.3 Å². The fourth-order valence-electron chi connectivity index (χ4n) is 2.26. The molecule has 0 aliphatic carbocycles. The number of nitrogens with zero attached hydrogens (tertiary/aromatic N) is 2. The minimum absolute atomic E-state index is 0.145. The monoisotopic (exact) mass is 274 g/mol. The third-order valence-electron chi connectivity index (χ3n) is 3.20. The van der Waals surface area contributed by atoms with E-state index in [0.29, 0.717) is 5.56 Å². The molecule has 0 saturated carbocycles. The Bertz CT molecular complexity index is 754. The van der Waals surface area contributed by atoms with Crippen molar-refractivity contribution in [3.8, 4) is 0 Å². The van der Waals surface area contributed by atoms with Crippen molar-refractivity contribution in [1.82, 2.24) is 15.0 Å². The zero-order chi connectivity index (χ0) is 14.1. The third kappa shape index (κ3) is 2.04. The Morgan fingerprint density at radius 3 is 2.80 bits per heavy atom. The molecule has 0 spiro atoms. The minimum atomic E-state index is -0.675. The highest BCUT2D eigenvalue weighted by Crippen LogP contribution is 2.27. The average Bonchev–Trinajstić information content (AvgIpc) is 2.88. The zero-order valence-corrected chi connectivity index (χ0v) is 10.4. The lowest BCUT2D eigenvalue weighted by Crippen LogP contribution is -2.29. The molecular formula is C14H12F2N4. The molecule has 1 aromatic carbocycles. The summed E-state index contributed by atoms with van der Waals surface area (Å²) in [5.41, 5.74) is 4.12. The second-order valence-corrected chi connectivity index (χ2v) is 4.40. The predicted molar refractivity (Wildman–Crippen MR) is 70.7 cm³/mol. The first-order valence-corrected chi connectivity index (χ1v) is 6.04. The highest BCUT2D eigenvalue weighted by molar-refractivity contribution is 5.57. The van der Waals surface area contributed by atoms with Crippen LogP contribution in [0.4, 0.5) is 8.78 Å². The number of nitrogens with one attached hydrogen (secondary N) is 1. The van der Waals surface area contributed by atoms with Gasteiger partial charge in [-0.3, -0.25) is 5.84 Å². The number of hydrogen-bond donors (Lipinski definition) is 2. The van der Waals surface area contributed by atoms with Gasteiger partial charge in [0.1, 0.15) is 11.6 Å². The van der Waals surface area contributed by atoms with Gasteiger partial charge in [-0.2, -0.15) is 5.10 Å². The number of hydrogen-bond acceptors (Lipinski definition) is 3. The summed E-state index contributed by atoms with van der Waals surface area (Å²) < 4.78 is 28.9. The standard InChI is InChI=1S/C14H12F2N4/c15-9-4-5-12(16)10(7-9)14(19-17)11-8-18-20-6-2-1-3-13(11)20/h1-8,14,19H,17H2. The molecule has 0 saturated heterocycles. The lowest BCUT2D eigenvalue weighted by atomic mass is 10.00. The molecule has 0 amide bonds. The Hall–Kier alpha value is -2.31. The maximum atomic E-state index is 13.9. The predicted octanol–water partition coefficient (Wildman–Crippen LogP) is 2.17. The van der Waals surface area contributed by atoms with Gasteiger partial charge in [0.05, 0.1) is 17.8 Å². The van der Waals surface area contributed by atoms with Gasteiger partial charge in [-0.1, -0.05) is 6.07 Å². The van der Waals surface area contributed by atoms with E-state index in [-0.39, 0.29) is 5.56 Å². The smallest absolute Gasteiger partial charge is 0.128 e. The van der Waals surface area contributed by atoms with Crippen molar-refractivity contribution < 1.29 is 8.78 Å². The number of aromatic nitrogens is 2. The molecule has 1 atom stereocenters. The summed E-state index contributed by atoms with van der Waals surface area (Å²) in [7, 11) is 0. The number of nitrogens with two attached hydrogens (primary N) is 1. The zero-order valence-electron chi connectivity index (χ0n) is 10.4. The molecule has 20 heavy (non-hydrogen) atoms. The largest absolute Gasteiger partial charge is 0.271 e. The van der Waals surface area contributed by atoms with Crippen molar-refractivity contribution >= 4 is 5.52 Å². The van der Waals surface area contributed by atoms with Crippen LogP contribution in [0.2, 0.25) is 0 Å². The van der Waals surface area contributed by atoms with Crippen LogP contribution >= 0.6 is 0 Å². The molecule has 102 valence electrons. The third-order valence-corrected chi connectivity index (χ3v) is 3.20. The van der Waals surface area contributed by atoms with Crippen LogP contribution in [0.5, 0.6) is 0 Å². The average molecular weight is 274 g/mol. The molecule has 0 fully saturated rings. The quantitative estimate of drug-likeness (QED) is 0.568. The van der Waals surface area contributed by atoms with Gasteiger partial charge in [-0.25, -0.2) is 18.7 Å². The van der Waals surface area contributed by atoms with Crippen LogP contribution in [0.15, 0.2) is 48.8 Å². The molecule has 3 rings (SSSR count). The lowest BCUT2D eigenvalue weighted by Gasteiger charge is -2.16. The fraction of sp³-hybridized carbons (Fsp3) is 0.0714. The summed E-state index contributed by atoms with van der Waals surface area (Å²) in [5, 5.41) is 4.17. The van der Waals surface area contributed by atoms with Gasteiger partial charge >= 0.3 is 0 Å². The van der Waals surface area contributed by atoms with Crippen LogP contribution in [0.1, 0.15) is 17.2 Å². The Morgan fingerprint density at radius 2 is 2.00 bits per heavy atom. The van der Waals surface area contributed by atoms with Crippen LogP contribution in [-0.4, -0.2) is 9.61 Å². The number of halogens is 2. The van der Waals surface area contributed by atoms with Gasteiger partial charge in [0, 0.05) is 17.3 Å². The summed E-state index contributed by atoms with van der Waals surface area (Å²) in [5.74, 6) is 4.49. The van der Waals surface area contributed by atoms with E-state index >= 15 is 0 Å². The van der Waals surface area contributed by atoms with Crippen LogP contribution in [0, 0.1) is 11.6 Å². The van der Waals surface area contributed by atoms with E-state index in [1.54, 1.807) is 16.9 Å². The summed E-state index contributed by atoms with van der Waals surface area (Å²) >= 11 is 0. The van der Waals surface area contributed by atoms with Gasteiger partial charge in [0.2, 0.25) is 0 Å². The first kappa shape index (κ1) is 12.7. The first-order chi connectivity index (χ1) is 9.70. The Morgan fingerprint density at radius 1 is 1.15 bits per heavy atom. The van der Waals surface area contributed by atoms with Gasteiger partial charge < -0.3 is 0 Å². The SMILES string of the molecule is NNC(c1cc(F)ccc1F)c1cnn2ccccc12. The van der Waals surface area contributed by atoms with Crippen molar-refractivity contribution in [3.05, 3.63) is 71.6 Å². The summed E-state index contributed by atoms with van der Waals surface area (Å²) in [4.78, 5) is 0. The second kappa shape index (κ2) is 4.99. The molecule has 3 aromatic rings. The number of hydrazine groups is 1. The summed E-state index contributed by atoms with van der Waals surface area (Å²) in [6.07, 6.45) is 3.36. The fourth-order valence-corrected chi connectivity index (χ4v) is 2.26. The van der Waals surface area contributed by atoms with E-state index < -0.39 is 17.7 Å². The maximum absolute atomic E-state index is 13.9. The Labute approximate surface area is 113 Å². The molecule has 0 aliphatic heterocycles. The van der Waals surface area contributed by atoms with Gasteiger partial charge in [-0.15, -0.1) is 0 Å². The van der Waals surface area contributed by atoms with Crippen molar-refractivity contribution in [1.29, 1.82) is 0 Å². The highest BCUT2D eigenvalue weighted by Gasteiger charge is 2.20. The van der Waals surface area contributed by atoms with E-state index in [1.807, 2.05) is 18.2 Å². The number of pyridine rings is 1. The van der Waals surface area contributed by atoms with Gasteiger partial charge in [-0.05, 0) is 30.3 Å². The van der Waals surface area contributed by atoms with Crippen molar-refractivity contribution in [2.24, 2.45) is 5.84 Å². The van der Waals surface area contributed by atoms with Crippen molar-refractivity contribution in [2.45, 2.75) is 6.04 Å². The van der Waals surface area contributed by atoms with E-state index in [0.717, 1.165) is 23.7 Å². The topological polar surface area (TPSA) is 55.3 Å². The van der Waals surface area contributed by atoms with Crippen LogP contribution in [0.3, 0.4) is 0 Å². The molecule has 3 N–H and O–H groups in total. The number of rotatable bonds is 3. The Kier molecular flexibility index (Phi) is 3.17. The normalized spacial score (nSPS) is 12.8. The van der Waals surface area contributed by atoms with Crippen molar-refractivity contribution in [3.63, 3.8) is 0 Å². The lowest BCUT2D eigenvalue weighted by molar-refractivity contribution is 0.547. The van der Waals surface area contributed by atoms with Gasteiger partial charge in [0.25, 0.3) is 0 Å². The highest BCUT2D eigenvalue weighted by atomic mass is 19.1. The molecule has 1 unspecified atom stereocenters. The molecule has 0 radical (unpaired) electrons. The molecule has 6 heteroatoms. The Balaban J connectivity index is 2.16. The summed E-state index contributed by atoms with van der Waals surface area (Å²) in [6, 6.07) is 8.12. The first-order valence-electron chi connectivity index (χ1n) is 6.04. The number of benzene rings is 1. The van der Waals surface area contributed by atoms with E-state index in [4.69, 9.17) is 5.84 Å². The number of fused-ring (bicyclic) bond motifs is 1. The van der Waals surface area contributed by atoms with E-state index in [2.05, 4.69) is 10.5 Å². The summed E-state index contributed by atoms with van der Waals surface area (Å²) in [6.45, 7) is 0. The maximum Gasteiger partial charge on any atom is 0.128 e. The molecule has 4 nitrogen and oxygen atoms in total. The second-order valence-electron chi connectivity index (χ2n) is 4.40.